The SMILES string of the molecule is CCC(O)c1ccc(N(CC)CCOC)cc1. The van der Waals surface area contributed by atoms with E-state index in [1.807, 2.05) is 19.1 Å². The smallest absolute Gasteiger partial charge is 0.0787 e. The maximum Gasteiger partial charge on any atom is 0.0787 e. The van der Waals surface area contributed by atoms with Crippen LogP contribution in [0.4, 0.5) is 5.69 Å². The predicted octanol–water partition coefficient (Wildman–Crippen LogP) is 2.60. The number of anilines is 1. The van der Waals surface area contributed by atoms with Gasteiger partial charge in [0.05, 0.1) is 12.7 Å². The van der Waals surface area contributed by atoms with Gasteiger partial charge in [-0.1, -0.05) is 19.1 Å². The van der Waals surface area contributed by atoms with Gasteiger partial charge >= 0.3 is 0 Å². The molecule has 0 fully saturated rings. The van der Waals surface area contributed by atoms with Crippen molar-refractivity contribution in [3.8, 4) is 0 Å². The normalized spacial score (nSPS) is 12.5. The molecule has 3 heteroatoms. The zero-order chi connectivity index (χ0) is 12.7. The van der Waals surface area contributed by atoms with Crippen LogP contribution in [-0.2, 0) is 4.74 Å². The van der Waals surface area contributed by atoms with E-state index in [9.17, 15) is 5.11 Å². The maximum atomic E-state index is 9.72. The van der Waals surface area contributed by atoms with E-state index in [1.165, 1.54) is 5.69 Å². The van der Waals surface area contributed by atoms with Crippen molar-refractivity contribution >= 4 is 5.69 Å². The molecule has 0 saturated heterocycles. The van der Waals surface area contributed by atoms with Crippen molar-refractivity contribution in [3.05, 3.63) is 29.8 Å². The molecule has 0 aliphatic heterocycles. The fraction of sp³-hybridized carbons (Fsp3) is 0.571. The molecule has 1 unspecified atom stereocenters. The molecule has 0 aromatic heterocycles. The average molecular weight is 237 g/mol. The van der Waals surface area contributed by atoms with Crippen LogP contribution in [0.25, 0.3) is 0 Å². The zero-order valence-electron chi connectivity index (χ0n) is 11.0. The number of ether oxygens (including phenoxy) is 1. The second-order valence-corrected chi connectivity index (χ2v) is 4.09. The molecular formula is C14H23NO2. The van der Waals surface area contributed by atoms with E-state index in [1.54, 1.807) is 7.11 Å². The van der Waals surface area contributed by atoms with E-state index in [2.05, 4.69) is 24.0 Å². The molecule has 0 radical (unpaired) electrons. The lowest BCUT2D eigenvalue weighted by Gasteiger charge is -2.23. The molecule has 3 nitrogen and oxygen atoms in total. The molecule has 0 spiro atoms. The first kappa shape index (κ1) is 14.0. The minimum Gasteiger partial charge on any atom is -0.388 e. The molecule has 1 atom stereocenters. The molecule has 1 aromatic carbocycles. The second-order valence-electron chi connectivity index (χ2n) is 4.09. The topological polar surface area (TPSA) is 32.7 Å². The lowest BCUT2D eigenvalue weighted by atomic mass is 10.1. The van der Waals surface area contributed by atoms with E-state index in [0.29, 0.717) is 0 Å². The van der Waals surface area contributed by atoms with Gasteiger partial charge in [0.2, 0.25) is 0 Å². The molecule has 1 rings (SSSR count). The maximum absolute atomic E-state index is 9.72. The van der Waals surface area contributed by atoms with Crippen molar-refractivity contribution < 1.29 is 9.84 Å². The zero-order valence-corrected chi connectivity index (χ0v) is 11.0. The highest BCUT2D eigenvalue weighted by Gasteiger charge is 2.07. The quantitative estimate of drug-likeness (QED) is 0.791. The number of benzene rings is 1. The van der Waals surface area contributed by atoms with Crippen molar-refractivity contribution in [1.29, 1.82) is 0 Å². The van der Waals surface area contributed by atoms with E-state index in [4.69, 9.17) is 4.74 Å². The van der Waals surface area contributed by atoms with Crippen LogP contribution in [0.1, 0.15) is 31.9 Å². The van der Waals surface area contributed by atoms with Crippen LogP contribution in [0.3, 0.4) is 0 Å². The Balaban J connectivity index is 2.70. The monoisotopic (exact) mass is 237 g/mol. The highest BCUT2D eigenvalue weighted by molar-refractivity contribution is 5.47. The number of aliphatic hydroxyl groups is 1. The first-order valence-corrected chi connectivity index (χ1v) is 6.24. The number of aliphatic hydroxyl groups excluding tert-OH is 1. The Kier molecular flexibility index (Phi) is 6.01. The van der Waals surface area contributed by atoms with Crippen LogP contribution < -0.4 is 4.90 Å². The first-order valence-electron chi connectivity index (χ1n) is 6.24. The van der Waals surface area contributed by atoms with Crippen molar-refractivity contribution in [2.45, 2.75) is 26.4 Å². The predicted molar refractivity (Wildman–Crippen MR) is 71.5 cm³/mol. The van der Waals surface area contributed by atoms with Gasteiger partial charge in [-0.3, -0.25) is 0 Å². The van der Waals surface area contributed by atoms with E-state index in [0.717, 1.165) is 31.7 Å². The van der Waals surface area contributed by atoms with Gasteiger partial charge in [0.1, 0.15) is 0 Å². The van der Waals surface area contributed by atoms with Gasteiger partial charge in [-0.25, -0.2) is 0 Å². The van der Waals surface area contributed by atoms with Gasteiger partial charge in [-0.15, -0.1) is 0 Å². The van der Waals surface area contributed by atoms with Crippen LogP contribution in [0, 0.1) is 0 Å². The van der Waals surface area contributed by atoms with Gasteiger partial charge < -0.3 is 14.7 Å². The third-order valence-electron chi connectivity index (χ3n) is 2.98. The Labute approximate surface area is 104 Å². The van der Waals surface area contributed by atoms with Crippen LogP contribution in [0.5, 0.6) is 0 Å². The lowest BCUT2D eigenvalue weighted by molar-refractivity contribution is 0.173. The lowest BCUT2D eigenvalue weighted by Crippen LogP contribution is -2.26. The highest BCUT2D eigenvalue weighted by atomic mass is 16.5. The Bertz CT molecular complexity index is 311. The standard InChI is InChI=1S/C14H23NO2/c1-4-14(16)12-6-8-13(9-7-12)15(5-2)10-11-17-3/h6-9,14,16H,4-5,10-11H2,1-3H3. The summed E-state index contributed by atoms with van der Waals surface area (Å²) < 4.78 is 5.09. The van der Waals surface area contributed by atoms with Crippen molar-refractivity contribution in [3.63, 3.8) is 0 Å². The summed E-state index contributed by atoms with van der Waals surface area (Å²) in [6.07, 6.45) is 0.402. The summed E-state index contributed by atoms with van der Waals surface area (Å²) in [7, 11) is 1.72. The van der Waals surface area contributed by atoms with Gasteiger partial charge in [0.25, 0.3) is 0 Å². The molecule has 0 saturated carbocycles. The van der Waals surface area contributed by atoms with Crippen molar-refractivity contribution in [2.75, 3.05) is 31.7 Å². The molecule has 0 aliphatic carbocycles. The van der Waals surface area contributed by atoms with E-state index < -0.39 is 0 Å². The van der Waals surface area contributed by atoms with Gasteiger partial charge in [-0.05, 0) is 31.0 Å². The number of hydrogen-bond donors (Lipinski definition) is 1. The molecule has 1 N–H and O–H groups in total. The van der Waals surface area contributed by atoms with Gasteiger partial charge in [0, 0.05) is 25.9 Å². The summed E-state index contributed by atoms with van der Waals surface area (Å²) in [5.74, 6) is 0. The number of methoxy groups -OCH3 is 1. The molecular weight excluding hydrogens is 214 g/mol. The largest absolute Gasteiger partial charge is 0.388 e. The minimum absolute atomic E-state index is 0.349. The van der Waals surface area contributed by atoms with Crippen molar-refractivity contribution in [2.24, 2.45) is 0 Å². The number of rotatable bonds is 7. The summed E-state index contributed by atoms with van der Waals surface area (Å²) in [5, 5.41) is 9.72. The molecule has 0 amide bonds. The Hall–Kier alpha value is -1.06. The number of nitrogens with zero attached hydrogens (tertiary/aromatic N) is 1. The third kappa shape index (κ3) is 4.02. The first-order chi connectivity index (χ1) is 8.22. The molecule has 17 heavy (non-hydrogen) atoms. The number of hydrogen-bond acceptors (Lipinski definition) is 3. The summed E-state index contributed by atoms with van der Waals surface area (Å²) in [4.78, 5) is 2.26. The Morgan fingerprint density at radius 1 is 1.24 bits per heavy atom. The van der Waals surface area contributed by atoms with Crippen LogP contribution >= 0.6 is 0 Å². The van der Waals surface area contributed by atoms with Crippen LogP contribution in [0.2, 0.25) is 0 Å². The molecule has 96 valence electrons. The van der Waals surface area contributed by atoms with Crippen molar-refractivity contribution in [1.82, 2.24) is 0 Å². The Morgan fingerprint density at radius 2 is 1.88 bits per heavy atom. The van der Waals surface area contributed by atoms with Crippen LogP contribution in [0.15, 0.2) is 24.3 Å². The number of likely N-dealkylation sites (N-methyl/N-ethyl adjacent to an activating group) is 1. The molecule has 0 bridgehead atoms. The second kappa shape index (κ2) is 7.30. The molecule has 1 aromatic rings. The fourth-order valence-corrected chi connectivity index (χ4v) is 1.81. The van der Waals surface area contributed by atoms with E-state index >= 15 is 0 Å². The summed E-state index contributed by atoms with van der Waals surface area (Å²) >= 11 is 0. The third-order valence-corrected chi connectivity index (χ3v) is 2.98. The summed E-state index contributed by atoms with van der Waals surface area (Å²) in [6, 6.07) is 8.12. The minimum atomic E-state index is -0.349. The van der Waals surface area contributed by atoms with Gasteiger partial charge in [0.15, 0.2) is 0 Å². The van der Waals surface area contributed by atoms with E-state index in [-0.39, 0.29) is 6.10 Å². The summed E-state index contributed by atoms with van der Waals surface area (Å²) in [5.41, 5.74) is 2.16. The average Bonchev–Trinajstić information content (AvgIpc) is 2.39. The van der Waals surface area contributed by atoms with Gasteiger partial charge in [-0.2, -0.15) is 0 Å². The molecule has 0 aliphatic rings. The fourth-order valence-electron chi connectivity index (χ4n) is 1.81. The van der Waals surface area contributed by atoms with Crippen LogP contribution in [-0.4, -0.2) is 31.9 Å². The molecule has 0 heterocycles. The highest BCUT2D eigenvalue weighted by Crippen LogP contribution is 2.20. The summed E-state index contributed by atoms with van der Waals surface area (Å²) in [6.45, 7) is 6.69. The Morgan fingerprint density at radius 3 is 2.35 bits per heavy atom.